The maximum Gasteiger partial charge on any atom is 0.165 e. The summed E-state index contributed by atoms with van der Waals surface area (Å²) < 4.78 is 17.8. The van der Waals surface area contributed by atoms with Gasteiger partial charge in [0.2, 0.25) is 0 Å². The Morgan fingerprint density at radius 3 is 2.86 bits per heavy atom. The normalized spacial score (nSPS) is 11.6. The summed E-state index contributed by atoms with van der Waals surface area (Å²) in [6.07, 6.45) is 0. The second-order valence-electron chi connectivity index (χ2n) is 2.84. The largest absolute Gasteiger partial charge is 0.494 e. The molecule has 0 saturated carbocycles. The summed E-state index contributed by atoms with van der Waals surface area (Å²) in [4.78, 5) is 0. The minimum Gasteiger partial charge on any atom is -0.494 e. The Hall–Kier alpha value is -1.76. The highest BCUT2D eigenvalue weighted by molar-refractivity contribution is 5.50. The Kier molecular flexibility index (Phi) is 3.29. The molecule has 0 aromatic heterocycles. The van der Waals surface area contributed by atoms with Crippen molar-refractivity contribution in [3.05, 3.63) is 24.0 Å². The molecule has 1 aromatic carbocycles. The van der Waals surface area contributed by atoms with Crippen molar-refractivity contribution < 1.29 is 9.13 Å². The van der Waals surface area contributed by atoms with Gasteiger partial charge in [-0.1, -0.05) is 0 Å². The standard InChI is InChI=1S/C10H11FN2O/c1-7(6-12)13-8-3-4-9(11)10(5-8)14-2/h3-5,7,13H,1-2H3. The summed E-state index contributed by atoms with van der Waals surface area (Å²) >= 11 is 0. The average Bonchev–Trinajstić information content (AvgIpc) is 2.20. The second-order valence-corrected chi connectivity index (χ2v) is 2.84. The number of hydrogen-bond donors (Lipinski definition) is 1. The average molecular weight is 194 g/mol. The third kappa shape index (κ3) is 2.36. The van der Waals surface area contributed by atoms with Crippen LogP contribution in [0, 0.1) is 17.1 Å². The first-order chi connectivity index (χ1) is 6.67. The monoisotopic (exact) mass is 194 g/mol. The van der Waals surface area contributed by atoms with E-state index >= 15 is 0 Å². The SMILES string of the molecule is COc1cc(NC(C)C#N)ccc1F. The zero-order valence-electron chi connectivity index (χ0n) is 8.04. The molecule has 0 saturated heterocycles. The predicted octanol–water partition coefficient (Wildman–Crippen LogP) is 2.16. The lowest BCUT2D eigenvalue weighted by Gasteiger charge is -2.09. The van der Waals surface area contributed by atoms with E-state index in [1.54, 1.807) is 13.0 Å². The lowest BCUT2D eigenvalue weighted by Crippen LogP contribution is -2.11. The van der Waals surface area contributed by atoms with E-state index < -0.39 is 5.82 Å². The van der Waals surface area contributed by atoms with Crippen molar-refractivity contribution in [3.63, 3.8) is 0 Å². The van der Waals surface area contributed by atoms with Crippen LogP contribution in [0.25, 0.3) is 0 Å². The smallest absolute Gasteiger partial charge is 0.165 e. The van der Waals surface area contributed by atoms with Crippen LogP contribution in [-0.4, -0.2) is 13.2 Å². The zero-order valence-corrected chi connectivity index (χ0v) is 8.04. The van der Waals surface area contributed by atoms with Crippen LogP contribution in [-0.2, 0) is 0 Å². The molecule has 1 aromatic rings. The molecule has 74 valence electrons. The van der Waals surface area contributed by atoms with Gasteiger partial charge in [0.15, 0.2) is 11.6 Å². The van der Waals surface area contributed by atoms with E-state index in [9.17, 15) is 4.39 Å². The summed E-state index contributed by atoms with van der Waals surface area (Å²) in [6.45, 7) is 1.72. The number of benzene rings is 1. The molecular weight excluding hydrogens is 183 g/mol. The molecule has 0 fully saturated rings. The number of nitrogens with one attached hydrogen (secondary N) is 1. The van der Waals surface area contributed by atoms with Crippen molar-refractivity contribution in [1.29, 1.82) is 5.26 Å². The van der Waals surface area contributed by atoms with Crippen LogP contribution in [0.4, 0.5) is 10.1 Å². The van der Waals surface area contributed by atoms with E-state index in [1.165, 1.54) is 19.2 Å². The number of ether oxygens (including phenoxy) is 1. The topological polar surface area (TPSA) is 45.0 Å². The van der Waals surface area contributed by atoms with Crippen molar-refractivity contribution in [1.82, 2.24) is 0 Å². The van der Waals surface area contributed by atoms with E-state index in [2.05, 4.69) is 5.32 Å². The van der Waals surface area contributed by atoms with E-state index in [1.807, 2.05) is 6.07 Å². The Balaban J connectivity index is 2.85. The summed E-state index contributed by atoms with van der Waals surface area (Å²) in [5.41, 5.74) is 0.664. The van der Waals surface area contributed by atoms with E-state index in [-0.39, 0.29) is 11.8 Å². The third-order valence-corrected chi connectivity index (χ3v) is 1.73. The van der Waals surface area contributed by atoms with Gasteiger partial charge in [-0.15, -0.1) is 0 Å². The van der Waals surface area contributed by atoms with Crippen LogP contribution in [0.2, 0.25) is 0 Å². The van der Waals surface area contributed by atoms with Crippen molar-refractivity contribution in [2.24, 2.45) is 0 Å². The Labute approximate surface area is 82.1 Å². The highest BCUT2D eigenvalue weighted by Crippen LogP contribution is 2.21. The predicted molar refractivity (Wildman–Crippen MR) is 51.6 cm³/mol. The molecule has 0 aliphatic rings. The Morgan fingerprint density at radius 1 is 1.57 bits per heavy atom. The maximum atomic E-state index is 13.0. The van der Waals surface area contributed by atoms with Gasteiger partial charge < -0.3 is 10.1 Å². The molecule has 0 spiro atoms. The van der Waals surface area contributed by atoms with Crippen molar-refractivity contribution >= 4 is 5.69 Å². The first-order valence-electron chi connectivity index (χ1n) is 4.17. The van der Waals surface area contributed by atoms with Gasteiger partial charge in [-0.25, -0.2) is 4.39 Å². The molecular formula is C10H11FN2O. The fourth-order valence-electron chi connectivity index (χ4n) is 1.03. The number of methoxy groups -OCH3 is 1. The molecule has 0 heterocycles. The molecule has 1 atom stereocenters. The maximum absolute atomic E-state index is 13.0. The van der Waals surface area contributed by atoms with Gasteiger partial charge in [0.25, 0.3) is 0 Å². The van der Waals surface area contributed by atoms with Gasteiger partial charge in [-0.05, 0) is 19.1 Å². The molecule has 1 rings (SSSR count). The summed E-state index contributed by atoms with van der Waals surface area (Å²) in [5, 5.41) is 11.4. The van der Waals surface area contributed by atoms with E-state index in [0.717, 1.165) is 0 Å². The van der Waals surface area contributed by atoms with Gasteiger partial charge in [-0.2, -0.15) is 5.26 Å². The molecule has 0 aliphatic carbocycles. The van der Waals surface area contributed by atoms with Crippen LogP contribution in [0.5, 0.6) is 5.75 Å². The molecule has 0 radical (unpaired) electrons. The van der Waals surface area contributed by atoms with Gasteiger partial charge in [0.1, 0.15) is 6.04 Å². The molecule has 0 bridgehead atoms. The molecule has 1 unspecified atom stereocenters. The zero-order chi connectivity index (χ0) is 10.6. The van der Waals surface area contributed by atoms with E-state index in [4.69, 9.17) is 10.00 Å². The minimum atomic E-state index is -0.414. The number of hydrogen-bond acceptors (Lipinski definition) is 3. The lowest BCUT2D eigenvalue weighted by molar-refractivity contribution is 0.387. The number of nitrogens with zero attached hydrogens (tertiary/aromatic N) is 1. The highest BCUT2D eigenvalue weighted by Gasteiger charge is 2.04. The number of nitriles is 1. The number of anilines is 1. The molecule has 3 nitrogen and oxygen atoms in total. The lowest BCUT2D eigenvalue weighted by atomic mass is 10.2. The van der Waals surface area contributed by atoms with Crippen LogP contribution in [0.15, 0.2) is 18.2 Å². The molecule has 4 heteroatoms. The summed E-state index contributed by atoms with van der Waals surface area (Å²) in [6, 6.07) is 6.08. The van der Waals surface area contributed by atoms with E-state index in [0.29, 0.717) is 5.69 Å². The van der Waals surface area contributed by atoms with Crippen molar-refractivity contribution in [2.45, 2.75) is 13.0 Å². The van der Waals surface area contributed by atoms with Gasteiger partial charge in [0, 0.05) is 11.8 Å². The van der Waals surface area contributed by atoms with Crippen LogP contribution in [0.1, 0.15) is 6.92 Å². The fourth-order valence-corrected chi connectivity index (χ4v) is 1.03. The fraction of sp³-hybridized carbons (Fsp3) is 0.300. The molecule has 14 heavy (non-hydrogen) atoms. The first-order valence-corrected chi connectivity index (χ1v) is 4.17. The van der Waals surface area contributed by atoms with Gasteiger partial charge in [-0.3, -0.25) is 0 Å². The minimum absolute atomic E-state index is 0.167. The van der Waals surface area contributed by atoms with Crippen molar-refractivity contribution in [2.75, 3.05) is 12.4 Å². The highest BCUT2D eigenvalue weighted by atomic mass is 19.1. The molecule has 0 amide bonds. The van der Waals surface area contributed by atoms with Crippen LogP contribution < -0.4 is 10.1 Å². The molecule has 0 aliphatic heterocycles. The number of rotatable bonds is 3. The summed E-state index contributed by atoms with van der Waals surface area (Å²) in [7, 11) is 1.40. The number of halogens is 1. The van der Waals surface area contributed by atoms with Gasteiger partial charge >= 0.3 is 0 Å². The third-order valence-electron chi connectivity index (χ3n) is 1.73. The Bertz CT molecular complexity index is 360. The van der Waals surface area contributed by atoms with Gasteiger partial charge in [0.05, 0.1) is 13.2 Å². The summed E-state index contributed by atoms with van der Waals surface area (Å²) in [5.74, 6) is -0.247. The van der Waals surface area contributed by atoms with Crippen molar-refractivity contribution in [3.8, 4) is 11.8 Å². The Morgan fingerprint density at radius 2 is 2.29 bits per heavy atom. The first kappa shape index (κ1) is 10.3. The second kappa shape index (κ2) is 4.47. The van der Waals surface area contributed by atoms with Crippen LogP contribution in [0.3, 0.4) is 0 Å². The van der Waals surface area contributed by atoms with Crippen LogP contribution >= 0.6 is 0 Å². The quantitative estimate of drug-likeness (QED) is 0.801. The molecule has 1 N–H and O–H groups in total.